The van der Waals surface area contributed by atoms with Gasteiger partial charge in [-0.15, -0.1) is 0 Å². The van der Waals surface area contributed by atoms with E-state index in [1.54, 1.807) is 0 Å². The van der Waals surface area contributed by atoms with Crippen molar-refractivity contribution in [1.82, 2.24) is 0 Å². The van der Waals surface area contributed by atoms with Crippen molar-refractivity contribution in [1.29, 1.82) is 0 Å². The normalized spacial score (nSPS) is 14.1. The zero-order chi connectivity index (χ0) is 5.70. The molecule has 0 radical (unpaired) electrons. The summed E-state index contributed by atoms with van der Waals surface area (Å²) in [7, 11) is 0. The number of nitrogens with two attached hydrogens (primary N) is 1. The first-order valence-electron chi connectivity index (χ1n) is 2.52. The summed E-state index contributed by atoms with van der Waals surface area (Å²) in [5, 5.41) is 1.34. The van der Waals surface area contributed by atoms with Gasteiger partial charge in [0.2, 0.25) is 0 Å². The summed E-state index contributed by atoms with van der Waals surface area (Å²) in [5.41, 5.74) is 5.49. The van der Waals surface area contributed by atoms with Gasteiger partial charge in [-0.05, 0) is 0 Å². The molecule has 0 bridgehead atoms. The maximum absolute atomic E-state index is 5.49. The average Bonchev–Trinajstić information content (AvgIpc) is 1.61. The summed E-state index contributed by atoms with van der Waals surface area (Å²) >= 11 is 0.827. The molecule has 0 heterocycles. The Morgan fingerprint density at radius 1 is 1.71 bits per heavy atom. The fourth-order valence-electron chi connectivity index (χ4n) is 0.304. The summed E-state index contributed by atoms with van der Waals surface area (Å²) in [4.78, 5) is 0. The molecular formula is C5H13NSe. The monoisotopic (exact) mass is 167 g/mol. The second-order valence-electron chi connectivity index (χ2n) is 1.76. The van der Waals surface area contributed by atoms with Crippen LogP contribution in [0.4, 0.5) is 0 Å². The SMILES string of the molecule is C[Se]CCC(C)N. The second-order valence-corrected chi connectivity index (χ2v) is 3.83. The zero-order valence-electron chi connectivity index (χ0n) is 4.98. The van der Waals surface area contributed by atoms with Gasteiger partial charge in [0.25, 0.3) is 0 Å². The van der Waals surface area contributed by atoms with Crippen LogP contribution in [0.3, 0.4) is 0 Å². The molecule has 0 saturated carbocycles. The first kappa shape index (κ1) is 7.48. The van der Waals surface area contributed by atoms with Crippen molar-refractivity contribution < 1.29 is 0 Å². The third-order valence-corrected chi connectivity index (χ3v) is 2.13. The predicted molar refractivity (Wildman–Crippen MR) is 34.7 cm³/mol. The van der Waals surface area contributed by atoms with Crippen LogP contribution >= 0.6 is 0 Å². The van der Waals surface area contributed by atoms with Gasteiger partial charge in [0.1, 0.15) is 0 Å². The maximum atomic E-state index is 5.49. The van der Waals surface area contributed by atoms with Crippen LogP contribution in [0.1, 0.15) is 13.3 Å². The molecular weight excluding hydrogens is 153 g/mol. The minimum absolute atomic E-state index is 0.418. The third-order valence-electron chi connectivity index (χ3n) is 0.777. The molecule has 44 valence electrons. The Morgan fingerprint density at radius 3 is 2.43 bits per heavy atom. The van der Waals surface area contributed by atoms with E-state index in [-0.39, 0.29) is 0 Å². The van der Waals surface area contributed by atoms with E-state index in [4.69, 9.17) is 5.73 Å². The van der Waals surface area contributed by atoms with Crippen LogP contribution in [-0.2, 0) is 0 Å². The van der Waals surface area contributed by atoms with Crippen molar-refractivity contribution in [2.24, 2.45) is 5.73 Å². The fraction of sp³-hybridized carbons (Fsp3) is 1.00. The van der Waals surface area contributed by atoms with Gasteiger partial charge in [-0.1, -0.05) is 0 Å². The van der Waals surface area contributed by atoms with E-state index in [0.717, 1.165) is 15.0 Å². The summed E-state index contributed by atoms with van der Waals surface area (Å²) in [6, 6.07) is 0.418. The van der Waals surface area contributed by atoms with Gasteiger partial charge >= 0.3 is 51.2 Å². The molecule has 0 amide bonds. The molecule has 7 heavy (non-hydrogen) atoms. The van der Waals surface area contributed by atoms with Crippen LogP contribution in [0.25, 0.3) is 0 Å². The van der Waals surface area contributed by atoms with E-state index < -0.39 is 0 Å². The van der Waals surface area contributed by atoms with Crippen molar-refractivity contribution in [2.45, 2.75) is 30.5 Å². The molecule has 0 spiro atoms. The Bertz CT molecular complexity index is 37.1. The van der Waals surface area contributed by atoms with Gasteiger partial charge in [-0.2, -0.15) is 0 Å². The van der Waals surface area contributed by atoms with E-state index in [0.29, 0.717) is 6.04 Å². The van der Waals surface area contributed by atoms with Crippen molar-refractivity contribution in [3.8, 4) is 0 Å². The zero-order valence-corrected chi connectivity index (χ0v) is 6.69. The number of hydrogen-bond donors (Lipinski definition) is 1. The molecule has 0 fully saturated rings. The Balaban J connectivity index is 2.68. The van der Waals surface area contributed by atoms with Crippen molar-refractivity contribution in [3.05, 3.63) is 0 Å². The summed E-state index contributed by atoms with van der Waals surface area (Å²) < 4.78 is 0. The Morgan fingerprint density at radius 2 is 2.29 bits per heavy atom. The Labute approximate surface area is 51.8 Å². The first-order valence-corrected chi connectivity index (χ1v) is 5.44. The summed E-state index contributed by atoms with van der Waals surface area (Å²) in [6.07, 6.45) is 1.20. The second kappa shape index (κ2) is 4.63. The van der Waals surface area contributed by atoms with Gasteiger partial charge in [-0.3, -0.25) is 0 Å². The van der Waals surface area contributed by atoms with Gasteiger partial charge < -0.3 is 0 Å². The fourth-order valence-corrected chi connectivity index (χ4v) is 1.58. The quantitative estimate of drug-likeness (QED) is 0.619. The predicted octanol–water partition coefficient (Wildman–Crippen LogP) is 0.894. The van der Waals surface area contributed by atoms with Crippen LogP contribution in [0.2, 0.25) is 11.1 Å². The van der Waals surface area contributed by atoms with Gasteiger partial charge in [-0.25, -0.2) is 0 Å². The Hall–Kier alpha value is 0.479. The van der Waals surface area contributed by atoms with Crippen LogP contribution in [0.15, 0.2) is 0 Å². The molecule has 0 saturated heterocycles. The van der Waals surface area contributed by atoms with E-state index >= 15 is 0 Å². The van der Waals surface area contributed by atoms with E-state index in [9.17, 15) is 0 Å². The van der Waals surface area contributed by atoms with Crippen molar-refractivity contribution in [2.75, 3.05) is 0 Å². The molecule has 2 heteroatoms. The molecule has 0 aromatic rings. The van der Waals surface area contributed by atoms with E-state index in [1.165, 1.54) is 11.7 Å². The minimum atomic E-state index is 0.418. The Kier molecular flexibility index (Phi) is 4.95. The molecule has 0 rings (SSSR count). The van der Waals surface area contributed by atoms with Gasteiger partial charge in [0.05, 0.1) is 0 Å². The van der Waals surface area contributed by atoms with Crippen molar-refractivity contribution in [3.63, 3.8) is 0 Å². The standard InChI is InChI=1S/C5H13NSe/c1-5(6)3-4-7-2/h5H,3-4,6H2,1-2H3. The molecule has 1 atom stereocenters. The molecule has 0 aliphatic carbocycles. The van der Waals surface area contributed by atoms with Crippen LogP contribution < -0.4 is 5.73 Å². The number of hydrogen-bond acceptors (Lipinski definition) is 1. The van der Waals surface area contributed by atoms with Gasteiger partial charge in [0, 0.05) is 0 Å². The van der Waals surface area contributed by atoms with Crippen LogP contribution in [0.5, 0.6) is 0 Å². The molecule has 0 aromatic heterocycles. The van der Waals surface area contributed by atoms with Gasteiger partial charge in [0.15, 0.2) is 0 Å². The van der Waals surface area contributed by atoms with Crippen LogP contribution in [-0.4, -0.2) is 21.0 Å². The van der Waals surface area contributed by atoms with Crippen molar-refractivity contribution >= 4 is 15.0 Å². The van der Waals surface area contributed by atoms with Crippen LogP contribution in [0, 0.1) is 0 Å². The first-order chi connectivity index (χ1) is 3.27. The third kappa shape index (κ3) is 6.48. The van der Waals surface area contributed by atoms with E-state index in [1.807, 2.05) is 0 Å². The molecule has 0 aromatic carbocycles. The molecule has 2 N–H and O–H groups in total. The topological polar surface area (TPSA) is 26.0 Å². The summed E-state index contributed by atoms with van der Waals surface area (Å²) in [6.45, 7) is 2.06. The molecule has 1 unspecified atom stereocenters. The van der Waals surface area contributed by atoms with E-state index in [2.05, 4.69) is 12.7 Å². The molecule has 1 nitrogen and oxygen atoms in total. The number of rotatable bonds is 3. The summed E-state index contributed by atoms with van der Waals surface area (Å²) in [5.74, 6) is 2.25. The molecule has 0 aliphatic rings. The molecule has 0 aliphatic heterocycles. The average molecular weight is 166 g/mol.